The number of carbonyl (C=O) groups is 2. The number of fused-ring (bicyclic) bond motifs is 1. The Morgan fingerprint density at radius 2 is 1.88 bits per heavy atom. The Kier molecular flexibility index (Phi) is 7.98. The molecule has 202 valence electrons. The third-order valence-corrected chi connectivity index (χ3v) is 6.73. The zero-order valence-corrected chi connectivity index (χ0v) is 22.7. The summed E-state index contributed by atoms with van der Waals surface area (Å²) < 4.78 is 12.0. The van der Waals surface area contributed by atoms with E-state index in [0.29, 0.717) is 16.3 Å². The number of aromatic nitrogens is 3. The monoisotopic (exact) mass is 554 g/mol. The van der Waals surface area contributed by atoms with Gasteiger partial charge in [-0.1, -0.05) is 35.9 Å². The summed E-state index contributed by atoms with van der Waals surface area (Å²) in [5, 5.41) is 9.12. The number of methoxy groups -OCH3 is 2. The average Bonchev–Trinajstić information content (AvgIpc) is 3.60. The number of H-pyrrole nitrogens is 1. The zero-order valence-electron chi connectivity index (χ0n) is 21.9. The van der Waals surface area contributed by atoms with Crippen LogP contribution in [0.3, 0.4) is 0 Å². The molecule has 0 aliphatic carbocycles. The Morgan fingerprint density at radius 1 is 1.07 bits per heavy atom. The fraction of sp³-hybridized carbons (Fsp3) is 0.129. The Morgan fingerprint density at radius 3 is 2.62 bits per heavy atom. The second-order valence-corrected chi connectivity index (χ2v) is 9.50. The van der Waals surface area contributed by atoms with Crippen LogP contribution in [0.25, 0.3) is 33.9 Å². The smallest absolute Gasteiger partial charge is 0.328 e. The number of carbonyl (C=O) groups excluding carboxylic acids is 2. The molecular formula is C31H27ClN4O4. The summed E-state index contributed by atoms with van der Waals surface area (Å²) in [7, 11) is 2.91. The molecule has 40 heavy (non-hydrogen) atoms. The van der Waals surface area contributed by atoms with Gasteiger partial charge in [0.15, 0.2) is 0 Å². The molecule has 3 aromatic carbocycles. The van der Waals surface area contributed by atoms with Crippen molar-refractivity contribution < 1.29 is 19.1 Å². The normalized spacial score (nSPS) is 12.0. The predicted octanol–water partition coefficient (Wildman–Crippen LogP) is 5.60. The van der Waals surface area contributed by atoms with Gasteiger partial charge >= 0.3 is 5.97 Å². The second-order valence-electron chi connectivity index (χ2n) is 9.07. The van der Waals surface area contributed by atoms with Crippen molar-refractivity contribution in [2.75, 3.05) is 14.2 Å². The highest BCUT2D eigenvalue weighted by Gasteiger charge is 2.23. The van der Waals surface area contributed by atoms with Crippen molar-refractivity contribution in [3.05, 3.63) is 107 Å². The minimum absolute atomic E-state index is 0.278. The lowest BCUT2D eigenvalue weighted by molar-refractivity contribution is -0.144. The number of hydrogen-bond donors (Lipinski definition) is 2. The molecule has 0 aliphatic heterocycles. The molecule has 1 atom stereocenters. The van der Waals surface area contributed by atoms with E-state index in [1.165, 1.54) is 13.2 Å². The molecule has 0 spiro atoms. The third kappa shape index (κ3) is 5.92. The number of halogens is 1. The van der Waals surface area contributed by atoms with E-state index >= 15 is 0 Å². The third-order valence-electron chi connectivity index (χ3n) is 6.49. The zero-order chi connectivity index (χ0) is 28.1. The van der Waals surface area contributed by atoms with Crippen LogP contribution in [0.4, 0.5) is 0 Å². The van der Waals surface area contributed by atoms with E-state index in [9.17, 15) is 9.59 Å². The number of para-hydroxylation sites is 1. The summed E-state index contributed by atoms with van der Waals surface area (Å²) in [6, 6.07) is 21.7. The maximum atomic E-state index is 13.0. The summed E-state index contributed by atoms with van der Waals surface area (Å²) in [6.45, 7) is 0. The van der Waals surface area contributed by atoms with Gasteiger partial charge in [-0.25, -0.2) is 9.48 Å². The van der Waals surface area contributed by atoms with Gasteiger partial charge in [-0.3, -0.25) is 4.79 Å². The van der Waals surface area contributed by atoms with Gasteiger partial charge in [0.2, 0.25) is 5.91 Å². The maximum Gasteiger partial charge on any atom is 0.328 e. The molecule has 0 fully saturated rings. The first-order valence-electron chi connectivity index (χ1n) is 12.6. The highest BCUT2D eigenvalue weighted by Crippen LogP contribution is 2.27. The molecule has 1 unspecified atom stereocenters. The minimum Gasteiger partial charge on any atom is -0.497 e. The number of esters is 1. The average molecular weight is 555 g/mol. The topological polar surface area (TPSA) is 98.2 Å². The van der Waals surface area contributed by atoms with Crippen molar-refractivity contribution in [1.29, 1.82) is 0 Å². The predicted molar refractivity (Wildman–Crippen MR) is 156 cm³/mol. The summed E-state index contributed by atoms with van der Waals surface area (Å²) in [5.41, 5.74) is 4.83. The van der Waals surface area contributed by atoms with Crippen molar-refractivity contribution in [2.24, 2.45) is 0 Å². The Bertz CT molecular complexity index is 1690. The van der Waals surface area contributed by atoms with E-state index in [1.807, 2.05) is 73.1 Å². The van der Waals surface area contributed by atoms with Gasteiger partial charge in [-0.05, 0) is 60.2 Å². The first-order chi connectivity index (χ1) is 19.4. The fourth-order valence-corrected chi connectivity index (χ4v) is 4.66. The number of nitrogens with one attached hydrogen (secondary N) is 2. The molecule has 0 saturated carbocycles. The Balaban J connectivity index is 1.41. The van der Waals surface area contributed by atoms with Crippen molar-refractivity contribution >= 4 is 40.5 Å². The van der Waals surface area contributed by atoms with E-state index in [2.05, 4.69) is 10.3 Å². The van der Waals surface area contributed by atoms with E-state index < -0.39 is 17.9 Å². The fourth-order valence-electron chi connectivity index (χ4n) is 4.47. The van der Waals surface area contributed by atoms with Crippen LogP contribution in [-0.2, 0) is 20.7 Å². The van der Waals surface area contributed by atoms with Crippen LogP contribution in [0.2, 0.25) is 5.02 Å². The van der Waals surface area contributed by atoms with Gasteiger partial charge in [0.05, 0.1) is 25.6 Å². The van der Waals surface area contributed by atoms with E-state index in [1.54, 1.807) is 30.0 Å². The molecule has 0 bridgehead atoms. The van der Waals surface area contributed by atoms with Gasteiger partial charge in [0.1, 0.15) is 11.8 Å². The molecule has 9 heteroatoms. The summed E-state index contributed by atoms with van der Waals surface area (Å²) in [6.07, 6.45) is 6.99. The molecule has 2 N–H and O–H groups in total. The van der Waals surface area contributed by atoms with Crippen LogP contribution in [0, 0.1) is 0 Å². The molecule has 0 radical (unpaired) electrons. The van der Waals surface area contributed by atoms with Crippen LogP contribution in [0.5, 0.6) is 5.75 Å². The Labute approximate surface area is 236 Å². The van der Waals surface area contributed by atoms with Crippen LogP contribution < -0.4 is 10.1 Å². The molecule has 0 saturated heterocycles. The molecule has 2 aromatic heterocycles. The largest absolute Gasteiger partial charge is 0.497 e. The number of nitrogens with zero attached hydrogens (tertiary/aromatic N) is 2. The first kappa shape index (κ1) is 26.8. The van der Waals surface area contributed by atoms with E-state index in [0.717, 1.165) is 33.5 Å². The Hall–Kier alpha value is -4.82. The number of aromatic amines is 1. The van der Waals surface area contributed by atoms with Gasteiger partial charge in [-0.15, -0.1) is 0 Å². The number of benzene rings is 3. The lowest BCUT2D eigenvalue weighted by atomic mass is 10.0. The molecule has 2 heterocycles. The molecular weight excluding hydrogens is 528 g/mol. The lowest BCUT2D eigenvalue weighted by Gasteiger charge is -2.15. The van der Waals surface area contributed by atoms with Crippen LogP contribution >= 0.6 is 11.6 Å². The quantitative estimate of drug-likeness (QED) is 0.183. The van der Waals surface area contributed by atoms with E-state index in [4.69, 9.17) is 26.2 Å². The molecule has 5 rings (SSSR count). The van der Waals surface area contributed by atoms with Gasteiger partial charge < -0.3 is 19.8 Å². The molecule has 0 aliphatic rings. The highest BCUT2D eigenvalue weighted by molar-refractivity contribution is 6.30. The molecule has 1 amide bonds. The number of amides is 1. The maximum absolute atomic E-state index is 13.0. The highest BCUT2D eigenvalue weighted by atomic mass is 35.5. The van der Waals surface area contributed by atoms with Crippen LogP contribution in [0.1, 0.15) is 11.1 Å². The molecule has 8 nitrogen and oxygen atoms in total. The van der Waals surface area contributed by atoms with Crippen LogP contribution in [-0.4, -0.2) is 46.9 Å². The van der Waals surface area contributed by atoms with Crippen LogP contribution in [0.15, 0.2) is 91.3 Å². The van der Waals surface area contributed by atoms with Gasteiger partial charge in [0, 0.05) is 51.9 Å². The number of hydrogen-bond acceptors (Lipinski definition) is 5. The number of rotatable bonds is 9. The summed E-state index contributed by atoms with van der Waals surface area (Å²) in [5.74, 6) is -0.246. The van der Waals surface area contributed by atoms with Gasteiger partial charge in [-0.2, -0.15) is 5.10 Å². The second kappa shape index (κ2) is 11.9. The van der Waals surface area contributed by atoms with Crippen molar-refractivity contribution in [3.8, 4) is 22.7 Å². The lowest BCUT2D eigenvalue weighted by Crippen LogP contribution is -2.42. The van der Waals surface area contributed by atoms with Gasteiger partial charge in [0.25, 0.3) is 0 Å². The number of ether oxygens (including phenoxy) is 2. The van der Waals surface area contributed by atoms with Crippen molar-refractivity contribution in [3.63, 3.8) is 0 Å². The first-order valence-corrected chi connectivity index (χ1v) is 12.9. The summed E-state index contributed by atoms with van der Waals surface area (Å²) >= 11 is 6.20. The van der Waals surface area contributed by atoms with Crippen molar-refractivity contribution in [1.82, 2.24) is 20.1 Å². The minimum atomic E-state index is -0.864. The summed E-state index contributed by atoms with van der Waals surface area (Å²) in [4.78, 5) is 28.8. The standard InChI is InChI=1S/C31H27ClN4O4/c1-39-25-13-10-20(11-14-25)30-21(19-36(35-30)24-7-5-6-23(32)17-24)12-15-29(37)34-28(31(38)40-2)16-22-18-33-27-9-4-3-8-26(22)27/h3-15,17-19,28,33H,16H2,1-2H3,(H,34,37)/b15-12-. The SMILES string of the molecule is COC(=O)C(Cc1c[nH]c2ccccc12)NC(=O)/C=C\c1cn(-c2cccc(Cl)c2)nc1-c1ccc(OC)cc1. The van der Waals surface area contributed by atoms with E-state index in [-0.39, 0.29) is 6.42 Å². The molecule has 5 aromatic rings. The van der Waals surface area contributed by atoms with Crippen molar-refractivity contribution in [2.45, 2.75) is 12.5 Å².